The summed E-state index contributed by atoms with van der Waals surface area (Å²) in [6.07, 6.45) is 7.34. The van der Waals surface area contributed by atoms with E-state index in [1.54, 1.807) is 0 Å². The van der Waals surface area contributed by atoms with Gasteiger partial charge in [0.1, 0.15) is 0 Å². The van der Waals surface area contributed by atoms with Gasteiger partial charge in [0.05, 0.1) is 0 Å². The Hall–Kier alpha value is -0.0800. The maximum absolute atomic E-state index is 3.47. The Morgan fingerprint density at radius 2 is 1.69 bits per heavy atom. The summed E-state index contributed by atoms with van der Waals surface area (Å²) in [4.78, 5) is 2.82. The molecule has 1 saturated heterocycles. The molecule has 3 aliphatic rings. The molecule has 0 aromatic heterocycles. The molecule has 13 heavy (non-hydrogen) atoms. The highest BCUT2D eigenvalue weighted by atomic mass is 15.2. The van der Waals surface area contributed by atoms with Gasteiger partial charge < -0.3 is 5.32 Å². The van der Waals surface area contributed by atoms with E-state index in [4.69, 9.17) is 0 Å². The molecule has 1 N–H and O–H groups in total. The number of hydrogen-bond donors (Lipinski definition) is 1. The highest BCUT2D eigenvalue weighted by molar-refractivity contribution is 4.95. The Balaban J connectivity index is 1.54. The fourth-order valence-corrected chi connectivity index (χ4v) is 2.58. The summed E-state index contributed by atoms with van der Waals surface area (Å²) >= 11 is 0. The zero-order valence-electron chi connectivity index (χ0n) is 8.34. The summed E-state index contributed by atoms with van der Waals surface area (Å²) in [7, 11) is 0. The largest absolute Gasteiger partial charge is 0.316 e. The van der Waals surface area contributed by atoms with E-state index in [2.05, 4.69) is 10.2 Å². The predicted molar refractivity (Wildman–Crippen MR) is 53.7 cm³/mol. The summed E-state index contributed by atoms with van der Waals surface area (Å²) < 4.78 is 0. The Morgan fingerprint density at radius 3 is 2.15 bits per heavy atom. The Labute approximate surface area is 80.7 Å². The van der Waals surface area contributed by atoms with Crippen molar-refractivity contribution in [3.05, 3.63) is 0 Å². The molecule has 1 heterocycles. The third-order valence-electron chi connectivity index (χ3n) is 3.66. The van der Waals surface area contributed by atoms with Crippen molar-refractivity contribution in [3.8, 4) is 0 Å². The van der Waals surface area contributed by atoms with Crippen LogP contribution in [0.2, 0.25) is 0 Å². The van der Waals surface area contributed by atoms with Crippen molar-refractivity contribution in [2.24, 2.45) is 5.92 Å². The normalized spacial score (nSPS) is 34.4. The van der Waals surface area contributed by atoms with Gasteiger partial charge in [0.25, 0.3) is 0 Å². The fourth-order valence-electron chi connectivity index (χ4n) is 2.58. The lowest BCUT2D eigenvalue weighted by atomic mass is 10.1. The van der Waals surface area contributed by atoms with Gasteiger partial charge in [-0.2, -0.15) is 0 Å². The van der Waals surface area contributed by atoms with Crippen LogP contribution in [-0.2, 0) is 0 Å². The van der Waals surface area contributed by atoms with E-state index in [1.807, 2.05) is 0 Å². The van der Waals surface area contributed by atoms with Crippen molar-refractivity contribution in [1.82, 2.24) is 10.2 Å². The van der Waals surface area contributed by atoms with Gasteiger partial charge in [-0.05, 0) is 51.1 Å². The van der Waals surface area contributed by atoms with Crippen LogP contribution in [0.25, 0.3) is 0 Å². The molecule has 2 saturated carbocycles. The molecule has 3 rings (SSSR count). The first kappa shape index (κ1) is 8.25. The molecule has 74 valence electrons. The Kier molecular flexibility index (Phi) is 2.06. The van der Waals surface area contributed by atoms with Gasteiger partial charge in [0.15, 0.2) is 0 Å². The second-order valence-electron chi connectivity index (χ2n) is 5.02. The standard InChI is InChI=1S/C11H20N2/c1-2-10(1)13(11-3-4-11)8-9-5-6-12-7-9/h9-12H,1-8H2/t9-/m1/s1. The van der Waals surface area contributed by atoms with Crippen LogP contribution in [0.4, 0.5) is 0 Å². The minimum absolute atomic E-state index is 0.959. The monoisotopic (exact) mass is 180 g/mol. The van der Waals surface area contributed by atoms with Gasteiger partial charge in [0.2, 0.25) is 0 Å². The van der Waals surface area contributed by atoms with Crippen molar-refractivity contribution in [1.29, 1.82) is 0 Å². The van der Waals surface area contributed by atoms with Gasteiger partial charge in [-0.15, -0.1) is 0 Å². The van der Waals surface area contributed by atoms with E-state index in [9.17, 15) is 0 Å². The van der Waals surface area contributed by atoms with Gasteiger partial charge in [-0.25, -0.2) is 0 Å². The van der Waals surface area contributed by atoms with Crippen LogP contribution in [0.3, 0.4) is 0 Å². The third-order valence-corrected chi connectivity index (χ3v) is 3.66. The smallest absolute Gasteiger partial charge is 0.00994 e. The highest BCUT2D eigenvalue weighted by Gasteiger charge is 2.39. The maximum Gasteiger partial charge on any atom is 0.00994 e. The minimum Gasteiger partial charge on any atom is -0.316 e. The van der Waals surface area contributed by atoms with Crippen LogP contribution in [0.15, 0.2) is 0 Å². The van der Waals surface area contributed by atoms with Crippen molar-refractivity contribution >= 4 is 0 Å². The molecular weight excluding hydrogens is 160 g/mol. The SMILES string of the molecule is C1C[C@@H](CN(C2CC2)C2CC2)CN1. The molecule has 0 radical (unpaired) electrons. The number of hydrogen-bond acceptors (Lipinski definition) is 2. The number of nitrogens with zero attached hydrogens (tertiary/aromatic N) is 1. The molecule has 0 aromatic carbocycles. The zero-order chi connectivity index (χ0) is 8.67. The molecule has 0 spiro atoms. The lowest BCUT2D eigenvalue weighted by Crippen LogP contribution is -2.34. The molecule has 0 amide bonds. The topological polar surface area (TPSA) is 15.3 Å². The molecule has 0 bridgehead atoms. The Bertz CT molecular complexity index is 167. The molecule has 2 aliphatic carbocycles. The second-order valence-corrected chi connectivity index (χ2v) is 5.02. The van der Waals surface area contributed by atoms with Gasteiger partial charge in [0, 0.05) is 18.6 Å². The highest BCUT2D eigenvalue weighted by Crippen LogP contribution is 2.38. The van der Waals surface area contributed by atoms with Crippen molar-refractivity contribution in [2.45, 2.75) is 44.2 Å². The minimum atomic E-state index is 0.959. The van der Waals surface area contributed by atoms with E-state index in [1.165, 1.54) is 51.7 Å². The average Bonchev–Trinajstić information content (AvgIpc) is 3.04. The third kappa shape index (κ3) is 1.89. The van der Waals surface area contributed by atoms with Crippen LogP contribution in [-0.4, -0.2) is 36.6 Å². The zero-order valence-corrected chi connectivity index (χ0v) is 8.34. The van der Waals surface area contributed by atoms with E-state index >= 15 is 0 Å². The molecule has 2 heteroatoms. The lowest BCUT2D eigenvalue weighted by Gasteiger charge is -2.24. The van der Waals surface area contributed by atoms with E-state index < -0.39 is 0 Å². The first-order valence-corrected chi connectivity index (χ1v) is 5.90. The molecule has 0 aromatic rings. The van der Waals surface area contributed by atoms with Crippen molar-refractivity contribution in [3.63, 3.8) is 0 Å². The van der Waals surface area contributed by atoms with Gasteiger partial charge in [-0.3, -0.25) is 4.90 Å². The van der Waals surface area contributed by atoms with Crippen LogP contribution < -0.4 is 5.32 Å². The summed E-state index contributed by atoms with van der Waals surface area (Å²) in [5.74, 6) is 0.959. The fraction of sp³-hybridized carbons (Fsp3) is 1.00. The lowest BCUT2D eigenvalue weighted by molar-refractivity contribution is 0.218. The van der Waals surface area contributed by atoms with Crippen LogP contribution in [0.1, 0.15) is 32.1 Å². The molecule has 3 fully saturated rings. The summed E-state index contributed by atoms with van der Waals surface area (Å²) in [6, 6.07) is 1.99. The predicted octanol–water partition coefficient (Wildman–Crippen LogP) is 1.22. The van der Waals surface area contributed by atoms with Crippen LogP contribution >= 0.6 is 0 Å². The van der Waals surface area contributed by atoms with Crippen LogP contribution in [0, 0.1) is 5.92 Å². The molecule has 2 nitrogen and oxygen atoms in total. The maximum atomic E-state index is 3.47. The number of rotatable bonds is 4. The molecule has 0 unspecified atom stereocenters. The summed E-state index contributed by atoms with van der Waals surface area (Å²) in [6.45, 7) is 3.92. The van der Waals surface area contributed by atoms with Crippen molar-refractivity contribution < 1.29 is 0 Å². The van der Waals surface area contributed by atoms with Crippen LogP contribution in [0.5, 0.6) is 0 Å². The number of nitrogens with one attached hydrogen (secondary N) is 1. The van der Waals surface area contributed by atoms with E-state index in [0.29, 0.717) is 0 Å². The first-order chi connectivity index (χ1) is 6.43. The van der Waals surface area contributed by atoms with Gasteiger partial charge in [-0.1, -0.05) is 0 Å². The molecule has 1 atom stereocenters. The summed E-state index contributed by atoms with van der Waals surface area (Å²) in [5.41, 5.74) is 0. The van der Waals surface area contributed by atoms with Gasteiger partial charge >= 0.3 is 0 Å². The summed E-state index contributed by atoms with van der Waals surface area (Å²) in [5, 5.41) is 3.47. The quantitative estimate of drug-likeness (QED) is 0.700. The van der Waals surface area contributed by atoms with Crippen molar-refractivity contribution in [2.75, 3.05) is 19.6 Å². The van der Waals surface area contributed by atoms with E-state index in [0.717, 1.165) is 18.0 Å². The van der Waals surface area contributed by atoms with E-state index in [-0.39, 0.29) is 0 Å². The molecular formula is C11H20N2. The Morgan fingerprint density at radius 1 is 1.00 bits per heavy atom. The average molecular weight is 180 g/mol. The second kappa shape index (κ2) is 3.25. The molecule has 1 aliphatic heterocycles. The first-order valence-electron chi connectivity index (χ1n) is 5.90.